The van der Waals surface area contributed by atoms with E-state index >= 15 is 0 Å². The van der Waals surface area contributed by atoms with Gasteiger partial charge in [0.25, 0.3) is 0 Å². The lowest BCUT2D eigenvalue weighted by atomic mass is 9.96. The second-order valence-corrected chi connectivity index (χ2v) is 4.91. The van der Waals surface area contributed by atoms with Crippen molar-refractivity contribution in [2.24, 2.45) is 0 Å². The van der Waals surface area contributed by atoms with Crippen LogP contribution in [0.3, 0.4) is 0 Å². The summed E-state index contributed by atoms with van der Waals surface area (Å²) in [6, 6.07) is 18.5. The van der Waals surface area contributed by atoms with E-state index in [9.17, 15) is 0 Å². The van der Waals surface area contributed by atoms with Gasteiger partial charge in [-0.2, -0.15) is 0 Å². The molecule has 0 fully saturated rings. The Morgan fingerprint density at radius 1 is 1.00 bits per heavy atom. The number of aromatic amines is 1. The zero-order valence-electron chi connectivity index (χ0n) is 11.6. The highest BCUT2D eigenvalue weighted by Crippen LogP contribution is 2.39. The molecule has 0 spiro atoms. The first-order chi connectivity index (χ1) is 10.4. The maximum absolute atomic E-state index is 5.56. The Hall–Kier alpha value is -2.81. The Balaban J connectivity index is 2.15. The van der Waals surface area contributed by atoms with Gasteiger partial charge in [0.05, 0.1) is 18.2 Å². The maximum atomic E-state index is 5.56. The molecule has 3 heteroatoms. The summed E-state index contributed by atoms with van der Waals surface area (Å²) in [6.07, 6.45) is 2.82. The molecule has 0 bridgehead atoms. The fourth-order valence-electron chi connectivity index (χ4n) is 2.81. The van der Waals surface area contributed by atoms with Crippen molar-refractivity contribution in [1.82, 2.24) is 9.97 Å². The van der Waals surface area contributed by atoms with Crippen LogP contribution in [0, 0.1) is 6.33 Å². The first-order valence-electron chi connectivity index (χ1n) is 6.79. The van der Waals surface area contributed by atoms with Gasteiger partial charge in [0.15, 0.2) is 6.33 Å². The number of nitrogens with zero attached hydrogens (tertiary/aromatic N) is 1. The van der Waals surface area contributed by atoms with Crippen LogP contribution >= 0.6 is 0 Å². The van der Waals surface area contributed by atoms with Crippen LogP contribution in [-0.4, -0.2) is 17.1 Å². The van der Waals surface area contributed by atoms with Crippen molar-refractivity contribution >= 4 is 21.8 Å². The van der Waals surface area contributed by atoms with Crippen molar-refractivity contribution in [2.45, 2.75) is 0 Å². The normalized spacial score (nSPS) is 11.1. The number of hydrogen-bond donors (Lipinski definition) is 1. The third-order valence-electron chi connectivity index (χ3n) is 3.78. The first-order valence-corrected chi connectivity index (χ1v) is 6.79. The summed E-state index contributed by atoms with van der Waals surface area (Å²) in [5.74, 6) is 0.819. The van der Waals surface area contributed by atoms with Gasteiger partial charge < -0.3 is 9.72 Å². The van der Waals surface area contributed by atoms with Gasteiger partial charge >= 0.3 is 0 Å². The molecule has 4 rings (SSSR count). The van der Waals surface area contributed by atoms with Crippen molar-refractivity contribution < 1.29 is 4.74 Å². The maximum Gasteiger partial charge on any atom is 0.174 e. The number of hydrogen-bond acceptors (Lipinski definition) is 2. The van der Waals surface area contributed by atoms with Gasteiger partial charge in [-0.1, -0.05) is 42.5 Å². The average Bonchev–Trinajstić information content (AvgIpc) is 3.02. The number of aromatic nitrogens is 2. The number of methoxy groups -OCH3 is 1. The summed E-state index contributed by atoms with van der Waals surface area (Å²) >= 11 is 0. The van der Waals surface area contributed by atoms with E-state index in [4.69, 9.17) is 4.74 Å². The number of ether oxygens (including phenoxy) is 1. The Morgan fingerprint density at radius 3 is 2.76 bits per heavy atom. The number of nitrogens with one attached hydrogen (secondary N) is 1. The van der Waals surface area contributed by atoms with Crippen molar-refractivity contribution in [3.05, 3.63) is 60.9 Å². The molecule has 0 atom stereocenters. The topological polar surface area (TPSA) is 37.9 Å². The van der Waals surface area contributed by atoms with Crippen LogP contribution in [0.5, 0.6) is 5.75 Å². The summed E-state index contributed by atoms with van der Waals surface area (Å²) in [6.45, 7) is 0. The quantitative estimate of drug-likeness (QED) is 0.594. The minimum atomic E-state index is 0.819. The number of benzene rings is 3. The van der Waals surface area contributed by atoms with Crippen molar-refractivity contribution in [3.63, 3.8) is 0 Å². The van der Waals surface area contributed by atoms with Crippen LogP contribution in [0.1, 0.15) is 0 Å². The van der Waals surface area contributed by atoms with Crippen LogP contribution < -0.4 is 4.74 Å². The molecule has 0 saturated heterocycles. The summed E-state index contributed by atoms with van der Waals surface area (Å²) in [5, 5.41) is 2.39. The smallest absolute Gasteiger partial charge is 0.174 e. The molecule has 3 aromatic carbocycles. The molecule has 0 aliphatic rings. The molecule has 4 aromatic rings. The molecule has 0 aliphatic carbocycles. The number of fused-ring (bicyclic) bond motifs is 2. The predicted molar refractivity (Wildman–Crippen MR) is 84.4 cm³/mol. The zero-order valence-corrected chi connectivity index (χ0v) is 11.6. The second kappa shape index (κ2) is 4.63. The van der Waals surface area contributed by atoms with Crippen molar-refractivity contribution in [1.29, 1.82) is 0 Å². The summed E-state index contributed by atoms with van der Waals surface area (Å²) in [7, 11) is 1.69. The van der Waals surface area contributed by atoms with Gasteiger partial charge in [0.1, 0.15) is 11.3 Å². The highest BCUT2D eigenvalue weighted by molar-refractivity contribution is 6.05. The Bertz CT molecular complexity index is 935. The molecule has 1 aromatic heterocycles. The van der Waals surface area contributed by atoms with E-state index in [1.807, 2.05) is 18.2 Å². The van der Waals surface area contributed by atoms with Crippen LogP contribution in [0.25, 0.3) is 32.9 Å². The van der Waals surface area contributed by atoms with Crippen molar-refractivity contribution in [2.75, 3.05) is 7.11 Å². The largest absolute Gasteiger partial charge is 0.496 e. The molecule has 0 unspecified atom stereocenters. The highest BCUT2D eigenvalue weighted by Gasteiger charge is 2.14. The molecule has 21 heavy (non-hydrogen) atoms. The number of H-pyrrole nitrogens is 1. The van der Waals surface area contributed by atoms with Crippen molar-refractivity contribution in [3.8, 4) is 16.9 Å². The minimum Gasteiger partial charge on any atom is -0.496 e. The van der Waals surface area contributed by atoms with E-state index in [-0.39, 0.29) is 0 Å². The molecule has 0 aliphatic heterocycles. The summed E-state index contributed by atoms with van der Waals surface area (Å²) < 4.78 is 5.56. The molecular weight excluding hydrogens is 260 g/mol. The third kappa shape index (κ3) is 1.78. The molecule has 1 heterocycles. The Morgan fingerprint density at radius 2 is 1.86 bits per heavy atom. The van der Waals surface area contributed by atoms with Crippen LogP contribution in [0.15, 0.2) is 54.6 Å². The number of rotatable bonds is 2. The van der Waals surface area contributed by atoms with Gasteiger partial charge in [-0.3, -0.25) is 0 Å². The van der Waals surface area contributed by atoms with E-state index in [0.29, 0.717) is 0 Å². The lowest BCUT2D eigenvalue weighted by molar-refractivity contribution is 0.417. The molecular formula is C18H13N2O. The summed E-state index contributed by atoms with van der Waals surface area (Å²) in [4.78, 5) is 7.39. The monoisotopic (exact) mass is 273 g/mol. The van der Waals surface area contributed by atoms with Gasteiger partial charge in [-0.25, -0.2) is 4.98 Å². The third-order valence-corrected chi connectivity index (χ3v) is 3.78. The molecule has 1 radical (unpaired) electrons. The van der Waals surface area contributed by atoms with Gasteiger partial charge in [0, 0.05) is 0 Å². The van der Waals surface area contributed by atoms with Crippen LogP contribution in [0.2, 0.25) is 0 Å². The second-order valence-electron chi connectivity index (χ2n) is 4.91. The zero-order chi connectivity index (χ0) is 14.2. The first kappa shape index (κ1) is 12.0. The minimum absolute atomic E-state index is 0.819. The Labute approximate surface area is 122 Å². The van der Waals surface area contributed by atoms with E-state index in [2.05, 4.69) is 52.7 Å². The van der Waals surface area contributed by atoms with Gasteiger partial charge in [-0.15, -0.1) is 0 Å². The van der Waals surface area contributed by atoms with Gasteiger partial charge in [0.2, 0.25) is 0 Å². The molecule has 101 valence electrons. The summed E-state index contributed by atoms with van der Waals surface area (Å²) in [5.41, 5.74) is 3.96. The fraction of sp³-hybridized carbons (Fsp3) is 0.0556. The SMILES string of the molecule is COc1ccc2[nH][c]nc2c1-c1cccc2ccccc12. The van der Waals surface area contributed by atoms with Crippen LogP contribution in [-0.2, 0) is 0 Å². The fourth-order valence-corrected chi connectivity index (χ4v) is 2.81. The molecule has 3 nitrogen and oxygen atoms in total. The lowest BCUT2D eigenvalue weighted by Crippen LogP contribution is -1.90. The standard InChI is InChI=1S/C18H13N2O/c1-21-16-10-9-15-18(20-11-19-15)17(16)14-8-4-6-12-5-2-3-7-13(12)14/h2-10H,1H3,(H,19,20). The average molecular weight is 273 g/mol. The van der Waals surface area contributed by atoms with E-state index in [1.165, 1.54) is 10.8 Å². The molecule has 0 saturated carbocycles. The van der Waals surface area contributed by atoms with Gasteiger partial charge in [-0.05, 0) is 28.5 Å². The predicted octanol–water partition coefficient (Wildman–Crippen LogP) is 4.19. The molecule has 1 N–H and O–H groups in total. The number of imidazole rings is 1. The lowest BCUT2D eigenvalue weighted by Gasteiger charge is -2.12. The Kier molecular flexibility index (Phi) is 2.64. The van der Waals surface area contributed by atoms with E-state index in [0.717, 1.165) is 27.9 Å². The molecule has 0 amide bonds. The highest BCUT2D eigenvalue weighted by atomic mass is 16.5. The van der Waals surface area contributed by atoms with Crippen LogP contribution in [0.4, 0.5) is 0 Å². The van der Waals surface area contributed by atoms with E-state index < -0.39 is 0 Å². The van der Waals surface area contributed by atoms with E-state index in [1.54, 1.807) is 7.11 Å².